The Kier molecular flexibility index (Phi) is 5.57. The molecule has 0 aromatic carbocycles. The van der Waals surface area contributed by atoms with Crippen molar-refractivity contribution in [1.29, 1.82) is 0 Å². The first kappa shape index (κ1) is 15.5. The maximum Gasteiger partial charge on any atom is 0.138 e. The van der Waals surface area contributed by atoms with Crippen molar-refractivity contribution < 1.29 is 14.4 Å². The first-order chi connectivity index (χ1) is 9.58. The van der Waals surface area contributed by atoms with Crippen molar-refractivity contribution in [3.05, 3.63) is 17.0 Å². The second-order valence-corrected chi connectivity index (χ2v) is 5.76. The second kappa shape index (κ2) is 7.20. The van der Waals surface area contributed by atoms with Crippen LogP contribution in [-0.4, -0.2) is 35.6 Å². The summed E-state index contributed by atoms with van der Waals surface area (Å²) >= 11 is 0. The number of hydrogen-bond acceptors (Lipinski definition) is 5. The van der Waals surface area contributed by atoms with Crippen LogP contribution in [0.1, 0.15) is 55.7 Å². The van der Waals surface area contributed by atoms with Gasteiger partial charge in [-0.25, -0.2) is 0 Å². The number of nitrogens with zero attached hydrogens (tertiary/aromatic N) is 1. The molecule has 2 rings (SSSR count). The lowest BCUT2D eigenvalue weighted by Gasteiger charge is -2.19. The Morgan fingerprint density at radius 2 is 2.10 bits per heavy atom. The zero-order valence-electron chi connectivity index (χ0n) is 12.7. The molecule has 0 aliphatic heterocycles. The number of rotatable bonds is 7. The number of aliphatic hydroxyl groups excluding tert-OH is 1. The molecule has 0 saturated heterocycles. The molecule has 20 heavy (non-hydrogen) atoms. The van der Waals surface area contributed by atoms with Gasteiger partial charge >= 0.3 is 0 Å². The third-order valence-electron chi connectivity index (χ3n) is 4.01. The van der Waals surface area contributed by atoms with E-state index in [1.54, 1.807) is 0 Å². The van der Waals surface area contributed by atoms with E-state index in [1.807, 2.05) is 13.8 Å². The van der Waals surface area contributed by atoms with Crippen molar-refractivity contribution in [1.82, 2.24) is 10.5 Å². The SMILES string of the molecule is Cc1noc(C)c1C(C)NCC(O)COC1CCCC1. The zero-order valence-corrected chi connectivity index (χ0v) is 12.7. The highest BCUT2D eigenvalue weighted by molar-refractivity contribution is 5.24. The Balaban J connectivity index is 1.71. The van der Waals surface area contributed by atoms with Crippen LogP contribution in [0.5, 0.6) is 0 Å². The van der Waals surface area contributed by atoms with Crippen LogP contribution in [0.15, 0.2) is 4.52 Å². The minimum absolute atomic E-state index is 0.113. The van der Waals surface area contributed by atoms with Gasteiger partial charge in [-0.05, 0) is 33.6 Å². The number of aryl methyl sites for hydroxylation is 2. The minimum Gasteiger partial charge on any atom is -0.389 e. The monoisotopic (exact) mass is 282 g/mol. The fourth-order valence-electron chi connectivity index (χ4n) is 2.88. The normalized spacial score (nSPS) is 19.4. The highest BCUT2D eigenvalue weighted by Crippen LogP contribution is 2.22. The van der Waals surface area contributed by atoms with E-state index >= 15 is 0 Å². The van der Waals surface area contributed by atoms with E-state index in [1.165, 1.54) is 12.8 Å². The Bertz CT molecular complexity index is 394. The lowest BCUT2D eigenvalue weighted by atomic mass is 10.1. The van der Waals surface area contributed by atoms with Gasteiger partial charge in [-0.2, -0.15) is 0 Å². The summed E-state index contributed by atoms with van der Waals surface area (Å²) in [6, 6.07) is 0.113. The van der Waals surface area contributed by atoms with Gasteiger partial charge < -0.3 is 19.7 Å². The van der Waals surface area contributed by atoms with E-state index < -0.39 is 6.10 Å². The second-order valence-electron chi connectivity index (χ2n) is 5.76. The summed E-state index contributed by atoms with van der Waals surface area (Å²) in [7, 11) is 0. The van der Waals surface area contributed by atoms with Gasteiger partial charge in [-0.3, -0.25) is 0 Å². The van der Waals surface area contributed by atoms with Gasteiger partial charge in [0, 0.05) is 18.2 Å². The van der Waals surface area contributed by atoms with Crippen LogP contribution in [0.4, 0.5) is 0 Å². The van der Waals surface area contributed by atoms with Crippen LogP contribution < -0.4 is 5.32 Å². The summed E-state index contributed by atoms with van der Waals surface area (Å²) in [6.07, 6.45) is 4.65. The van der Waals surface area contributed by atoms with Crippen LogP contribution in [0, 0.1) is 13.8 Å². The number of hydrogen-bond donors (Lipinski definition) is 2. The van der Waals surface area contributed by atoms with Crippen molar-refractivity contribution >= 4 is 0 Å². The van der Waals surface area contributed by atoms with Crippen molar-refractivity contribution in [3.63, 3.8) is 0 Å². The number of aliphatic hydroxyl groups is 1. The largest absolute Gasteiger partial charge is 0.389 e. The maximum absolute atomic E-state index is 9.97. The molecule has 1 aromatic heterocycles. The molecule has 1 saturated carbocycles. The van der Waals surface area contributed by atoms with Crippen molar-refractivity contribution in [2.75, 3.05) is 13.2 Å². The maximum atomic E-state index is 9.97. The van der Waals surface area contributed by atoms with Crippen LogP contribution in [0.2, 0.25) is 0 Å². The van der Waals surface area contributed by atoms with E-state index in [-0.39, 0.29) is 6.04 Å². The molecule has 0 spiro atoms. The fourth-order valence-corrected chi connectivity index (χ4v) is 2.88. The summed E-state index contributed by atoms with van der Waals surface area (Å²) in [4.78, 5) is 0. The first-order valence-corrected chi connectivity index (χ1v) is 7.53. The third-order valence-corrected chi connectivity index (χ3v) is 4.01. The average Bonchev–Trinajstić information content (AvgIpc) is 3.04. The number of aromatic nitrogens is 1. The van der Waals surface area contributed by atoms with Gasteiger partial charge in [-0.1, -0.05) is 18.0 Å². The topological polar surface area (TPSA) is 67.5 Å². The average molecular weight is 282 g/mol. The highest BCUT2D eigenvalue weighted by Gasteiger charge is 2.19. The zero-order chi connectivity index (χ0) is 14.5. The Labute approximate surface area is 120 Å². The van der Waals surface area contributed by atoms with Gasteiger partial charge in [0.15, 0.2) is 0 Å². The van der Waals surface area contributed by atoms with E-state index in [2.05, 4.69) is 17.4 Å². The molecular formula is C15H26N2O3. The standard InChI is InChI=1S/C15H26N2O3/c1-10(15-11(2)17-20-12(15)3)16-8-13(18)9-19-14-6-4-5-7-14/h10,13-14,16,18H,4-9H2,1-3H3. The predicted molar refractivity (Wildman–Crippen MR) is 76.6 cm³/mol. The predicted octanol–water partition coefficient (Wildman–Crippen LogP) is 2.26. The van der Waals surface area contributed by atoms with Crippen molar-refractivity contribution in [2.45, 2.75) is 64.7 Å². The van der Waals surface area contributed by atoms with Crippen molar-refractivity contribution in [3.8, 4) is 0 Å². The molecule has 2 N–H and O–H groups in total. The molecule has 0 bridgehead atoms. The van der Waals surface area contributed by atoms with Gasteiger partial charge in [0.25, 0.3) is 0 Å². The third kappa shape index (κ3) is 4.04. The summed E-state index contributed by atoms with van der Waals surface area (Å²) in [5.41, 5.74) is 1.98. The Hall–Kier alpha value is -0.910. The molecule has 114 valence electrons. The van der Waals surface area contributed by atoms with Gasteiger partial charge in [-0.15, -0.1) is 0 Å². The van der Waals surface area contributed by atoms with E-state index in [9.17, 15) is 5.11 Å². The Morgan fingerprint density at radius 1 is 1.40 bits per heavy atom. The highest BCUT2D eigenvalue weighted by atomic mass is 16.5. The van der Waals surface area contributed by atoms with Crippen molar-refractivity contribution in [2.24, 2.45) is 0 Å². The molecule has 0 radical (unpaired) electrons. The molecule has 1 aliphatic rings. The summed E-state index contributed by atoms with van der Waals surface area (Å²) in [5.74, 6) is 0.833. The van der Waals surface area contributed by atoms with E-state index in [0.717, 1.165) is 29.9 Å². The summed E-state index contributed by atoms with van der Waals surface area (Å²) in [5, 5.41) is 17.2. The van der Waals surface area contributed by atoms with Gasteiger partial charge in [0.1, 0.15) is 5.76 Å². The summed E-state index contributed by atoms with van der Waals surface area (Å²) in [6.45, 7) is 6.82. The first-order valence-electron chi connectivity index (χ1n) is 7.53. The molecule has 2 atom stereocenters. The fraction of sp³-hybridized carbons (Fsp3) is 0.800. The number of ether oxygens (including phenoxy) is 1. The molecule has 1 heterocycles. The van der Waals surface area contributed by atoms with Crippen LogP contribution in [-0.2, 0) is 4.74 Å². The van der Waals surface area contributed by atoms with E-state index in [0.29, 0.717) is 19.3 Å². The molecule has 2 unspecified atom stereocenters. The lowest BCUT2D eigenvalue weighted by Crippen LogP contribution is -2.33. The lowest BCUT2D eigenvalue weighted by molar-refractivity contribution is -0.00611. The minimum atomic E-state index is -0.474. The molecule has 5 nitrogen and oxygen atoms in total. The van der Waals surface area contributed by atoms with E-state index in [4.69, 9.17) is 9.26 Å². The van der Waals surface area contributed by atoms with Gasteiger partial charge in [0.2, 0.25) is 0 Å². The molecular weight excluding hydrogens is 256 g/mol. The van der Waals surface area contributed by atoms with Crippen LogP contribution in [0.25, 0.3) is 0 Å². The molecule has 1 aliphatic carbocycles. The quantitative estimate of drug-likeness (QED) is 0.803. The molecule has 1 fully saturated rings. The smallest absolute Gasteiger partial charge is 0.138 e. The van der Waals surface area contributed by atoms with Crippen LogP contribution in [0.3, 0.4) is 0 Å². The Morgan fingerprint density at radius 3 is 2.70 bits per heavy atom. The number of nitrogens with one attached hydrogen (secondary N) is 1. The molecule has 0 amide bonds. The summed E-state index contributed by atoms with van der Waals surface area (Å²) < 4.78 is 10.9. The molecule has 5 heteroatoms. The molecule has 1 aromatic rings. The van der Waals surface area contributed by atoms with Crippen LogP contribution >= 0.6 is 0 Å². The van der Waals surface area contributed by atoms with Gasteiger partial charge in [0.05, 0.1) is 24.5 Å².